The van der Waals surface area contributed by atoms with E-state index in [0.717, 1.165) is 49.8 Å². The van der Waals surface area contributed by atoms with E-state index in [1.807, 2.05) is 24.3 Å². The molecule has 0 bridgehead atoms. The number of methoxy groups -OCH3 is 1. The Morgan fingerprint density at radius 3 is 2.64 bits per heavy atom. The summed E-state index contributed by atoms with van der Waals surface area (Å²) in [6.07, 6.45) is 4.09. The third kappa shape index (κ3) is 7.73. The molecule has 3 N–H and O–H groups in total. The molecule has 5 rings (SSSR count). The number of hydrogen-bond donors (Lipinski definition) is 3. The zero-order valence-corrected chi connectivity index (χ0v) is 25.8. The summed E-state index contributed by atoms with van der Waals surface area (Å²) in [4.78, 5) is 0.207. The van der Waals surface area contributed by atoms with Crippen LogP contribution in [0.4, 0.5) is 20.2 Å². The van der Waals surface area contributed by atoms with Gasteiger partial charge in [-0.15, -0.1) is 0 Å². The van der Waals surface area contributed by atoms with Crippen LogP contribution in [-0.4, -0.2) is 70.7 Å². The number of sulfone groups is 1. The van der Waals surface area contributed by atoms with Crippen molar-refractivity contribution in [1.29, 1.82) is 0 Å². The summed E-state index contributed by atoms with van der Waals surface area (Å²) < 4.78 is 67.6. The zero-order valence-electron chi connectivity index (χ0n) is 25.0. The molecule has 0 spiro atoms. The fraction of sp³-hybridized carbons (Fsp3) is 0.455. The number of nitrogens with zero attached hydrogens (tertiary/aromatic N) is 1. The fourth-order valence-electron chi connectivity index (χ4n) is 5.75. The molecular weight excluding hydrogens is 586 g/mol. The largest absolute Gasteiger partial charge is 0.495 e. The van der Waals surface area contributed by atoms with Gasteiger partial charge in [-0.3, -0.25) is 0 Å². The predicted octanol–water partition coefficient (Wildman–Crippen LogP) is 5.30. The van der Waals surface area contributed by atoms with E-state index in [1.54, 1.807) is 12.1 Å². The van der Waals surface area contributed by atoms with Crippen molar-refractivity contribution in [2.45, 2.75) is 49.1 Å². The second kappa shape index (κ2) is 14.0. The third-order valence-corrected chi connectivity index (χ3v) is 10.1. The lowest BCUT2D eigenvalue weighted by molar-refractivity contribution is 0.0375. The Morgan fingerprint density at radius 2 is 1.91 bits per heavy atom. The van der Waals surface area contributed by atoms with Gasteiger partial charge in [0.05, 0.1) is 47.7 Å². The number of piperidine rings is 1. The summed E-state index contributed by atoms with van der Waals surface area (Å²) in [5.41, 5.74) is 2.61. The van der Waals surface area contributed by atoms with Gasteiger partial charge in [-0.05, 0) is 87.0 Å². The van der Waals surface area contributed by atoms with Crippen LogP contribution >= 0.6 is 0 Å². The van der Waals surface area contributed by atoms with Gasteiger partial charge in [-0.2, -0.15) is 0 Å². The summed E-state index contributed by atoms with van der Waals surface area (Å²) in [5.74, 6) is 3.53. The van der Waals surface area contributed by atoms with Gasteiger partial charge in [-0.25, -0.2) is 17.2 Å². The molecule has 236 valence electrons. The second-order valence-corrected chi connectivity index (χ2v) is 13.4. The van der Waals surface area contributed by atoms with Gasteiger partial charge in [0.2, 0.25) is 0 Å². The van der Waals surface area contributed by atoms with Crippen molar-refractivity contribution >= 4 is 32.1 Å². The number of aromatic nitrogens is 1. The molecule has 44 heavy (non-hydrogen) atoms. The van der Waals surface area contributed by atoms with Crippen LogP contribution in [0.1, 0.15) is 31.4 Å². The van der Waals surface area contributed by atoms with Crippen LogP contribution in [0.15, 0.2) is 60.0 Å². The molecule has 0 atom stereocenters. The summed E-state index contributed by atoms with van der Waals surface area (Å²) in [6, 6.07) is 12.6. The van der Waals surface area contributed by atoms with E-state index in [9.17, 15) is 17.2 Å². The molecule has 1 aromatic heterocycles. The molecule has 2 aromatic carbocycles. The van der Waals surface area contributed by atoms with Crippen molar-refractivity contribution in [3.05, 3.63) is 60.8 Å². The van der Waals surface area contributed by atoms with Crippen LogP contribution in [0.25, 0.3) is 10.9 Å². The Bertz CT molecular complexity index is 1630. The Hall–Kier alpha value is -3.59. The number of nitrogens with one attached hydrogen (secondary N) is 3. The molecule has 3 heterocycles. The molecule has 0 amide bonds. The minimum atomic E-state index is -3.49. The van der Waals surface area contributed by atoms with Gasteiger partial charge in [0.1, 0.15) is 5.75 Å². The first-order valence-electron chi connectivity index (χ1n) is 15.0. The maximum absolute atomic E-state index is 14.6. The smallest absolute Gasteiger partial charge is 0.283 e. The quantitative estimate of drug-likeness (QED) is 0.197. The molecule has 2 aliphatic rings. The molecule has 2 saturated heterocycles. The number of hydrogen-bond acceptors (Lipinski definition) is 7. The first kappa shape index (κ1) is 31.8. The average molecular weight is 627 g/mol. The highest BCUT2D eigenvalue weighted by molar-refractivity contribution is 7.91. The van der Waals surface area contributed by atoms with Crippen molar-refractivity contribution in [3.8, 4) is 17.6 Å². The molecule has 0 unspecified atom stereocenters. The van der Waals surface area contributed by atoms with Crippen LogP contribution in [-0.2, 0) is 21.1 Å². The molecule has 0 radical (unpaired) electrons. The lowest BCUT2D eigenvalue weighted by atomic mass is 10.0. The fourth-order valence-corrected chi connectivity index (χ4v) is 7.46. The molecule has 0 saturated carbocycles. The lowest BCUT2D eigenvalue weighted by Crippen LogP contribution is -2.35. The van der Waals surface area contributed by atoms with E-state index >= 15 is 0 Å². The maximum atomic E-state index is 14.6. The Morgan fingerprint density at radius 1 is 1.14 bits per heavy atom. The number of allylic oxidation sites excluding steroid dienone is 1. The second-order valence-electron chi connectivity index (χ2n) is 11.3. The summed E-state index contributed by atoms with van der Waals surface area (Å²) >= 11 is 0. The number of benzene rings is 2. The van der Waals surface area contributed by atoms with Crippen LogP contribution < -0.4 is 20.7 Å². The summed E-state index contributed by atoms with van der Waals surface area (Å²) in [7, 11) is -2.01. The van der Waals surface area contributed by atoms with Crippen LogP contribution in [0, 0.1) is 17.8 Å². The summed E-state index contributed by atoms with van der Waals surface area (Å²) in [6.45, 7) is 5.96. The Kier molecular flexibility index (Phi) is 10.1. The van der Waals surface area contributed by atoms with Gasteiger partial charge in [0, 0.05) is 36.4 Å². The van der Waals surface area contributed by atoms with Crippen molar-refractivity contribution in [1.82, 2.24) is 9.88 Å². The standard InChI is InChI=1S/C33H40F2N4O4S/c1-3-33(34,35)23-39-26(20-28-29(7-4-8-31(28)39)38-25-11-16-36-17-12-25)6-5-15-37-30-10-9-27(21-32(30)42-2)44(40,41)22-24-13-18-43-19-14-24/h3-4,7-10,20-21,24-25,36-38H,1,11-19,22-23H2,2H3. The van der Waals surface area contributed by atoms with E-state index < -0.39 is 22.3 Å². The van der Waals surface area contributed by atoms with Crippen LogP contribution in [0.3, 0.4) is 0 Å². The summed E-state index contributed by atoms with van der Waals surface area (Å²) in [5, 5.41) is 11.0. The normalized spacial score (nSPS) is 16.7. The van der Waals surface area contributed by atoms with Gasteiger partial charge >= 0.3 is 0 Å². The van der Waals surface area contributed by atoms with E-state index in [-0.39, 0.29) is 23.1 Å². The van der Waals surface area contributed by atoms with Gasteiger partial charge in [0.15, 0.2) is 9.84 Å². The highest BCUT2D eigenvalue weighted by Crippen LogP contribution is 2.32. The SMILES string of the molecule is C=CC(F)(F)Cn1c(C#CCNc2ccc(S(=O)(=O)CC3CCOCC3)cc2OC)cc2c(NC3CCNCC3)cccc21. The van der Waals surface area contributed by atoms with E-state index in [0.29, 0.717) is 48.0 Å². The number of halogens is 2. The number of alkyl halides is 2. The highest BCUT2D eigenvalue weighted by atomic mass is 32.2. The minimum Gasteiger partial charge on any atom is -0.495 e. The highest BCUT2D eigenvalue weighted by Gasteiger charge is 2.28. The average Bonchev–Trinajstić information content (AvgIpc) is 3.37. The first-order valence-corrected chi connectivity index (χ1v) is 16.7. The zero-order chi connectivity index (χ0) is 31.2. The van der Waals surface area contributed by atoms with Crippen LogP contribution in [0.2, 0.25) is 0 Å². The van der Waals surface area contributed by atoms with Crippen LogP contribution in [0.5, 0.6) is 5.75 Å². The first-order chi connectivity index (χ1) is 21.2. The molecule has 2 fully saturated rings. The van der Waals surface area contributed by atoms with Gasteiger partial charge < -0.3 is 30.0 Å². The van der Waals surface area contributed by atoms with Crippen molar-refractivity contribution in [3.63, 3.8) is 0 Å². The van der Waals surface area contributed by atoms with Crippen molar-refractivity contribution in [2.75, 3.05) is 56.3 Å². The monoisotopic (exact) mass is 626 g/mol. The van der Waals surface area contributed by atoms with Gasteiger partial charge in [0.25, 0.3) is 5.92 Å². The number of ether oxygens (including phenoxy) is 2. The number of fused-ring (bicyclic) bond motifs is 1. The van der Waals surface area contributed by atoms with Crippen molar-refractivity contribution < 1.29 is 26.7 Å². The van der Waals surface area contributed by atoms with E-state index in [4.69, 9.17) is 9.47 Å². The maximum Gasteiger partial charge on any atom is 0.283 e. The molecule has 2 aliphatic heterocycles. The lowest BCUT2D eigenvalue weighted by Gasteiger charge is -2.25. The van der Waals surface area contributed by atoms with E-state index in [1.165, 1.54) is 17.7 Å². The van der Waals surface area contributed by atoms with E-state index in [2.05, 4.69) is 34.4 Å². The number of anilines is 2. The van der Waals surface area contributed by atoms with Gasteiger partial charge in [-0.1, -0.05) is 18.6 Å². The molecule has 3 aromatic rings. The topological polar surface area (TPSA) is 93.6 Å². The molecule has 0 aliphatic carbocycles. The predicted molar refractivity (Wildman–Crippen MR) is 171 cm³/mol. The minimum absolute atomic E-state index is 0.0752. The Labute approximate surface area is 258 Å². The third-order valence-electron chi connectivity index (χ3n) is 8.22. The Balaban J connectivity index is 1.35. The molecule has 8 nitrogen and oxygen atoms in total. The molecule has 11 heteroatoms. The van der Waals surface area contributed by atoms with Crippen molar-refractivity contribution in [2.24, 2.45) is 5.92 Å². The number of rotatable bonds is 11. The molecular formula is C33H40F2N4O4S.